The zero-order valence-electron chi connectivity index (χ0n) is 10.1. The van der Waals surface area contributed by atoms with Crippen LogP contribution in [0, 0.1) is 6.92 Å². The highest BCUT2D eigenvalue weighted by Crippen LogP contribution is 2.28. The second kappa shape index (κ2) is 4.98. The molecule has 90 valence electrons. The molecule has 0 radical (unpaired) electrons. The first-order chi connectivity index (χ1) is 8.15. The number of hydrogen-bond donors (Lipinski definition) is 1. The lowest BCUT2D eigenvalue weighted by Gasteiger charge is -2.18. The van der Waals surface area contributed by atoms with Crippen molar-refractivity contribution in [2.45, 2.75) is 13.0 Å². The van der Waals surface area contributed by atoms with E-state index < -0.39 is 0 Å². The van der Waals surface area contributed by atoms with Gasteiger partial charge in [-0.15, -0.1) is 0 Å². The molecule has 2 heterocycles. The SMILES string of the molecule is CNC(c1ncccc1C)c1c(Br)cnn1C. The van der Waals surface area contributed by atoms with E-state index in [1.54, 1.807) is 6.20 Å². The minimum Gasteiger partial charge on any atom is -0.307 e. The second-order valence-electron chi connectivity index (χ2n) is 3.93. The van der Waals surface area contributed by atoms with E-state index in [0.717, 1.165) is 15.9 Å². The van der Waals surface area contributed by atoms with Crippen LogP contribution < -0.4 is 5.32 Å². The Kier molecular flexibility index (Phi) is 3.59. The van der Waals surface area contributed by atoms with Crippen LogP contribution in [0.3, 0.4) is 0 Å². The molecule has 0 spiro atoms. The first kappa shape index (κ1) is 12.3. The number of nitrogens with one attached hydrogen (secondary N) is 1. The number of hydrogen-bond acceptors (Lipinski definition) is 3. The summed E-state index contributed by atoms with van der Waals surface area (Å²) in [6.45, 7) is 2.07. The zero-order valence-corrected chi connectivity index (χ0v) is 11.7. The summed E-state index contributed by atoms with van der Waals surface area (Å²) in [5.74, 6) is 0. The van der Waals surface area contributed by atoms with Crippen LogP contribution in [-0.2, 0) is 7.05 Å². The lowest BCUT2D eigenvalue weighted by atomic mass is 10.1. The highest BCUT2D eigenvalue weighted by molar-refractivity contribution is 9.10. The minimum absolute atomic E-state index is 0.0399. The largest absolute Gasteiger partial charge is 0.307 e. The third-order valence-corrected chi connectivity index (χ3v) is 3.43. The van der Waals surface area contributed by atoms with Crippen LogP contribution in [0.1, 0.15) is 23.0 Å². The van der Waals surface area contributed by atoms with Gasteiger partial charge in [0.1, 0.15) is 0 Å². The first-order valence-electron chi connectivity index (χ1n) is 5.41. The van der Waals surface area contributed by atoms with Crippen molar-refractivity contribution in [1.82, 2.24) is 20.1 Å². The summed E-state index contributed by atoms with van der Waals surface area (Å²) < 4.78 is 2.85. The number of aromatic nitrogens is 3. The van der Waals surface area contributed by atoms with Crippen LogP contribution in [0.4, 0.5) is 0 Å². The highest BCUT2D eigenvalue weighted by atomic mass is 79.9. The molecule has 1 unspecified atom stereocenters. The molecular formula is C12H15BrN4. The number of aryl methyl sites for hydroxylation is 2. The molecule has 0 aliphatic carbocycles. The van der Waals surface area contributed by atoms with Crippen molar-refractivity contribution in [3.05, 3.63) is 46.0 Å². The van der Waals surface area contributed by atoms with Crippen LogP contribution in [-0.4, -0.2) is 21.8 Å². The van der Waals surface area contributed by atoms with Gasteiger partial charge in [-0.05, 0) is 41.5 Å². The average Bonchev–Trinajstić information content (AvgIpc) is 2.64. The van der Waals surface area contributed by atoms with Crippen LogP contribution in [0.5, 0.6) is 0 Å². The topological polar surface area (TPSA) is 42.7 Å². The van der Waals surface area contributed by atoms with Gasteiger partial charge >= 0.3 is 0 Å². The molecule has 1 N–H and O–H groups in total. The van der Waals surface area contributed by atoms with Crippen molar-refractivity contribution in [3.63, 3.8) is 0 Å². The Bertz CT molecular complexity index is 501. The maximum absolute atomic E-state index is 4.46. The fraction of sp³-hybridized carbons (Fsp3) is 0.333. The molecule has 17 heavy (non-hydrogen) atoms. The van der Waals surface area contributed by atoms with Crippen molar-refractivity contribution in [3.8, 4) is 0 Å². The van der Waals surface area contributed by atoms with Gasteiger partial charge in [0.25, 0.3) is 0 Å². The maximum Gasteiger partial charge on any atom is 0.0933 e. The van der Waals surface area contributed by atoms with Crippen LogP contribution in [0.15, 0.2) is 29.0 Å². The Balaban J connectivity index is 2.52. The molecule has 0 saturated heterocycles. The average molecular weight is 295 g/mol. The van der Waals surface area contributed by atoms with Gasteiger partial charge in [-0.25, -0.2) is 0 Å². The number of rotatable bonds is 3. The van der Waals surface area contributed by atoms with Gasteiger partial charge in [0, 0.05) is 13.2 Å². The monoisotopic (exact) mass is 294 g/mol. The summed E-state index contributed by atoms with van der Waals surface area (Å²) in [5, 5.41) is 7.53. The van der Waals surface area contributed by atoms with Crippen LogP contribution >= 0.6 is 15.9 Å². The highest BCUT2D eigenvalue weighted by Gasteiger charge is 2.21. The summed E-state index contributed by atoms with van der Waals surface area (Å²) >= 11 is 3.53. The number of pyridine rings is 1. The summed E-state index contributed by atoms with van der Waals surface area (Å²) in [7, 11) is 3.86. The normalized spacial score (nSPS) is 12.7. The van der Waals surface area contributed by atoms with Gasteiger partial charge in [-0.3, -0.25) is 9.67 Å². The first-order valence-corrected chi connectivity index (χ1v) is 6.20. The van der Waals surface area contributed by atoms with E-state index >= 15 is 0 Å². The maximum atomic E-state index is 4.46. The Hall–Kier alpha value is -1.20. The summed E-state index contributed by atoms with van der Waals surface area (Å²) in [5.41, 5.74) is 3.27. The van der Waals surface area contributed by atoms with E-state index in [9.17, 15) is 0 Å². The summed E-state index contributed by atoms with van der Waals surface area (Å²) in [4.78, 5) is 4.46. The van der Waals surface area contributed by atoms with Gasteiger partial charge in [0.2, 0.25) is 0 Å². The minimum atomic E-state index is 0.0399. The fourth-order valence-corrected chi connectivity index (χ4v) is 2.53. The molecule has 0 bridgehead atoms. The Morgan fingerprint density at radius 3 is 2.76 bits per heavy atom. The van der Waals surface area contributed by atoms with Crippen molar-refractivity contribution in [1.29, 1.82) is 0 Å². The van der Waals surface area contributed by atoms with E-state index in [0.29, 0.717) is 0 Å². The van der Waals surface area contributed by atoms with E-state index in [1.807, 2.05) is 31.0 Å². The molecule has 5 heteroatoms. The Morgan fingerprint density at radius 2 is 2.24 bits per heavy atom. The molecule has 0 aliphatic heterocycles. The smallest absolute Gasteiger partial charge is 0.0933 e. The molecule has 2 aromatic rings. The molecule has 1 atom stereocenters. The van der Waals surface area contributed by atoms with E-state index in [2.05, 4.69) is 44.3 Å². The molecule has 0 fully saturated rings. The quantitative estimate of drug-likeness (QED) is 0.944. The lowest BCUT2D eigenvalue weighted by molar-refractivity contribution is 0.589. The van der Waals surface area contributed by atoms with Gasteiger partial charge in [0.05, 0.1) is 28.1 Å². The predicted octanol–water partition coefficient (Wildman–Crippen LogP) is 2.19. The predicted molar refractivity (Wildman–Crippen MR) is 70.8 cm³/mol. The standard InChI is InChI=1S/C12H15BrN4/c1-8-5-4-6-15-10(8)11(14-2)12-9(13)7-16-17(12)3/h4-7,11,14H,1-3H3. The Morgan fingerprint density at radius 1 is 1.47 bits per heavy atom. The van der Waals surface area contributed by atoms with Crippen LogP contribution in [0.2, 0.25) is 0 Å². The third-order valence-electron chi connectivity index (χ3n) is 2.82. The van der Waals surface area contributed by atoms with Crippen molar-refractivity contribution < 1.29 is 0 Å². The zero-order chi connectivity index (χ0) is 12.4. The summed E-state index contributed by atoms with van der Waals surface area (Å²) in [6.07, 6.45) is 3.62. The van der Waals surface area contributed by atoms with Gasteiger partial charge in [-0.2, -0.15) is 5.10 Å². The third kappa shape index (κ3) is 2.25. The van der Waals surface area contributed by atoms with Crippen molar-refractivity contribution in [2.75, 3.05) is 7.05 Å². The molecule has 0 aliphatic rings. The van der Waals surface area contributed by atoms with E-state index in [-0.39, 0.29) is 6.04 Å². The van der Waals surface area contributed by atoms with E-state index in [4.69, 9.17) is 0 Å². The second-order valence-corrected chi connectivity index (χ2v) is 4.78. The molecule has 2 aromatic heterocycles. The van der Waals surface area contributed by atoms with Crippen LogP contribution in [0.25, 0.3) is 0 Å². The molecule has 4 nitrogen and oxygen atoms in total. The van der Waals surface area contributed by atoms with Gasteiger partial charge in [-0.1, -0.05) is 6.07 Å². The molecule has 2 rings (SSSR count). The van der Waals surface area contributed by atoms with Gasteiger partial charge in [0.15, 0.2) is 0 Å². The molecular weight excluding hydrogens is 280 g/mol. The Labute approximate surface area is 109 Å². The number of nitrogens with zero attached hydrogens (tertiary/aromatic N) is 3. The molecule has 0 aromatic carbocycles. The summed E-state index contributed by atoms with van der Waals surface area (Å²) in [6, 6.07) is 4.05. The fourth-order valence-electron chi connectivity index (χ4n) is 1.95. The number of halogens is 1. The van der Waals surface area contributed by atoms with Crippen molar-refractivity contribution >= 4 is 15.9 Å². The molecule has 0 amide bonds. The van der Waals surface area contributed by atoms with Gasteiger partial charge < -0.3 is 5.32 Å². The van der Waals surface area contributed by atoms with Crippen molar-refractivity contribution in [2.24, 2.45) is 7.05 Å². The lowest BCUT2D eigenvalue weighted by Crippen LogP contribution is -2.23. The molecule has 0 saturated carbocycles. The van der Waals surface area contributed by atoms with E-state index in [1.165, 1.54) is 5.56 Å².